The van der Waals surface area contributed by atoms with E-state index in [0.29, 0.717) is 10.5 Å². The number of hydrogen-bond acceptors (Lipinski definition) is 7. The zero-order chi connectivity index (χ0) is 28.5. The number of piperazine rings is 1. The number of nitrogens with zero attached hydrogens (tertiary/aromatic N) is 3. The first-order chi connectivity index (χ1) is 17.5. The van der Waals surface area contributed by atoms with Crippen molar-refractivity contribution in [3.8, 4) is 0 Å². The highest BCUT2D eigenvalue weighted by atomic mass is 19.4. The maximum atomic E-state index is 13.6. The number of aliphatic hydroxyl groups is 2. The first-order valence-corrected chi connectivity index (χ1v) is 11.2. The molecule has 2 aliphatic rings. The molecule has 2 N–H and O–H groups in total. The van der Waals surface area contributed by atoms with Crippen molar-refractivity contribution in [3.63, 3.8) is 0 Å². The first kappa shape index (κ1) is 30.0. The van der Waals surface area contributed by atoms with E-state index >= 15 is 0 Å². The van der Waals surface area contributed by atoms with E-state index in [0.717, 1.165) is 6.07 Å². The number of benzene rings is 1. The predicted molar refractivity (Wildman–Crippen MR) is 111 cm³/mol. The summed E-state index contributed by atoms with van der Waals surface area (Å²) >= 11 is 0. The zero-order valence-electron chi connectivity index (χ0n) is 19.5. The van der Waals surface area contributed by atoms with Crippen LogP contribution < -0.4 is 4.90 Å². The Hall–Kier alpha value is -2.50. The molecule has 0 radical (unpaired) electrons. The molecule has 8 nitrogen and oxygen atoms in total. The minimum absolute atomic E-state index is 0.00446. The largest absolute Gasteiger partial charge is 0.434 e. The monoisotopic (exact) mass is 569 g/mol. The van der Waals surface area contributed by atoms with Gasteiger partial charge in [-0.1, -0.05) is 6.07 Å². The molecule has 2 saturated heterocycles. The van der Waals surface area contributed by atoms with E-state index < -0.39 is 48.7 Å². The predicted octanol–water partition coefficient (Wildman–Crippen LogP) is 2.97. The van der Waals surface area contributed by atoms with E-state index in [1.165, 1.54) is 17.0 Å². The molecular weight excluding hydrogens is 545 g/mol. The fourth-order valence-electron chi connectivity index (χ4n) is 4.09. The fraction of sp³-hybridized carbons (Fsp3) is 0.667. The molecule has 1 aromatic rings. The van der Waals surface area contributed by atoms with E-state index in [2.05, 4.69) is 4.74 Å². The van der Waals surface area contributed by atoms with E-state index in [1.54, 1.807) is 4.90 Å². The van der Waals surface area contributed by atoms with Gasteiger partial charge in [0, 0.05) is 51.5 Å². The molecule has 0 bridgehead atoms. The molecule has 1 unspecified atom stereocenters. The Bertz CT molecular complexity index is 949. The van der Waals surface area contributed by atoms with E-state index in [9.17, 15) is 54.5 Å². The summed E-state index contributed by atoms with van der Waals surface area (Å²) in [7, 11) is 0. The van der Waals surface area contributed by atoms with Gasteiger partial charge in [0.25, 0.3) is 6.10 Å². The van der Waals surface area contributed by atoms with Crippen LogP contribution in [-0.2, 0) is 22.2 Å². The summed E-state index contributed by atoms with van der Waals surface area (Å²) in [4.78, 5) is 15.6. The SMILES string of the molecule is O=C(OC(C(F)(F)F)C(F)(F)F)N1CCN(Cc2ccc(C(F)(F)F)c(N3CCOC(C(O)O)C3)c2)CC1. The highest BCUT2D eigenvalue weighted by Crippen LogP contribution is 2.38. The summed E-state index contributed by atoms with van der Waals surface area (Å²) in [5.41, 5.74) is -0.756. The number of hydrogen-bond donors (Lipinski definition) is 2. The summed E-state index contributed by atoms with van der Waals surface area (Å²) in [5.74, 6) is 0. The summed E-state index contributed by atoms with van der Waals surface area (Å²) in [6.07, 6.45) is -25.5. The number of rotatable bonds is 5. The van der Waals surface area contributed by atoms with Gasteiger partial charge < -0.3 is 29.5 Å². The van der Waals surface area contributed by atoms with Crippen LogP contribution in [0.5, 0.6) is 0 Å². The third-order valence-electron chi connectivity index (χ3n) is 5.98. The van der Waals surface area contributed by atoms with Crippen molar-refractivity contribution in [2.45, 2.75) is 43.6 Å². The van der Waals surface area contributed by atoms with Gasteiger partial charge >= 0.3 is 24.6 Å². The second-order valence-corrected chi connectivity index (χ2v) is 8.73. The Labute approximate surface area is 210 Å². The minimum Gasteiger partial charge on any atom is -0.426 e. The molecule has 0 aromatic heterocycles. The summed E-state index contributed by atoms with van der Waals surface area (Å²) in [5, 5.41) is 18.7. The van der Waals surface area contributed by atoms with Gasteiger partial charge in [-0.3, -0.25) is 4.90 Å². The van der Waals surface area contributed by atoms with Crippen LogP contribution in [0.25, 0.3) is 0 Å². The molecule has 3 rings (SSSR count). The van der Waals surface area contributed by atoms with Gasteiger partial charge in [-0.25, -0.2) is 4.79 Å². The second kappa shape index (κ2) is 11.3. The average Bonchev–Trinajstić information content (AvgIpc) is 2.80. The van der Waals surface area contributed by atoms with E-state index in [1.807, 2.05) is 0 Å². The summed E-state index contributed by atoms with van der Waals surface area (Å²) in [6, 6.07) is 3.36. The molecular formula is C21H24F9N3O5. The number of amides is 1. The van der Waals surface area contributed by atoms with Crippen LogP contribution in [0.4, 0.5) is 50.0 Å². The maximum Gasteiger partial charge on any atom is 0.434 e. The Morgan fingerprint density at radius 1 is 0.974 bits per heavy atom. The van der Waals surface area contributed by atoms with Crippen molar-refractivity contribution in [1.82, 2.24) is 9.80 Å². The average molecular weight is 569 g/mol. The highest BCUT2D eigenvalue weighted by Gasteiger charge is 2.60. The van der Waals surface area contributed by atoms with Gasteiger partial charge in [0.2, 0.25) is 0 Å². The Morgan fingerprint density at radius 2 is 1.58 bits per heavy atom. The molecule has 38 heavy (non-hydrogen) atoms. The van der Waals surface area contributed by atoms with Crippen LogP contribution in [0.1, 0.15) is 11.1 Å². The number of carbonyl (C=O) groups is 1. The lowest BCUT2D eigenvalue weighted by Gasteiger charge is -2.37. The Kier molecular flexibility index (Phi) is 8.95. The van der Waals surface area contributed by atoms with Gasteiger partial charge in [-0.15, -0.1) is 0 Å². The number of anilines is 1. The number of alkyl halides is 9. The van der Waals surface area contributed by atoms with E-state index in [-0.39, 0.29) is 58.1 Å². The van der Waals surface area contributed by atoms with Crippen LogP contribution in [0, 0.1) is 0 Å². The molecule has 17 heteroatoms. The van der Waals surface area contributed by atoms with Crippen LogP contribution in [0.2, 0.25) is 0 Å². The topological polar surface area (TPSA) is 85.7 Å². The van der Waals surface area contributed by atoms with E-state index in [4.69, 9.17) is 4.74 Å². The maximum absolute atomic E-state index is 13.6. The lowest BCUT2D eigenvalue weighted by Crippen LogP contribution is -2.52. The minimum atomic E-state index is -5.84. The van der Waals surface area contributed by atoms with Crippen molar-refractivity contribution in [2.75, 3.05) is 50.8 Å². The highest BCUT2D eigenvalue weighted by molar-refractivity contribution is 5.68. The number of ether oxygens (including phenoxy) is 2. The molecule has 0 spiro atoms. The quantitative estimate of drug-likeness (QED) is 0.417. The Balaban J connectivity index is 1.67. The first-order valence-electron chi connectivity index (χ1n) is 11.2. The van der Waals surface area contributed by atoms with Crippen molar-refractivity contribution < 1.29 is 64.0 Å². The summed E-state index contributed by atoms with van der Waals surface area (Å²) < 4.78 is 126. The third-order valence-corrected chi connectivity index (χ3v) is 5.98. The normalized spacial score (nSPS) is 20.4. The smallest absolute Gasteiger partial charge is 0.426 e. The van der Waals surface area contributed by atoms with Crippen LogP contribution in [0.3, 0.4) is 0 Å². The lowest BCUT2D eigenvalue weighted by molar-refractivity contribution is -0.308. The second-order valence-electron chi connectivity index (χ2n) is 8.73. The Morgan fingerprint density at radius 3 is 2.11 bits per heavy atom. The molecule has 1 atom stereocenters. The van der Waals surface area contributed by atoms with Crippen LogP contribution in [-0.4, -0.2) is 103 Å². The molecule has 1 aromatic carbocycles. The van der Waals surface area contributed by atoms with Crippen molar-refractivity contribution in [2.24, 2.45) is 0 Å². The van der Waals surface area contributed by atoms with Gasteiger partial charge in [0.05, 0.1) is 12.2 Å². The molecule has 2 heterocycles. The number of morpholine rings is 1. The zero-order valence-corrected chi connectivity index (χ0v) is 19.5. The standard InChI is InChI=1S/C21H24F9N3O5/c22-19(23,24)13-2-1-12(9-14(13)33-7-8-37-15(11-33)16(34)35)10-31-3-5-32(6-4-31)18(36)38-17(20(25,26)27)21(28,29)30/h1-2,9,15-17,34-35H,3-8,10-11H2. The number of carbonyl (C=O) groups excluding carboxylic acids is 1. The lowest BCUT2D eigenvalue weighted by atomic mass is 10.1. The summed E-state index contributed by atoms with van der Waals surface area (Å²) in [6.45, 7) is -0.684. The number of aliphatic hydroxyl groups excluding tert-OH is 1. The van der Waals surface area contributed by atoms with Crippen LogP contribution in [0.15, 0.2) is 18.2 Å². The molecule has 0 saturated carbocycles. The van der Waals surface area contributed by atoms with Gasteiger partial charge in [-0.2, -0.15) is 39.5 Å². The fourth-order valence-corrected chi connectivity index (χ4v) is 4.09. The molecule has 2 aliphatic heterocycles. The van der Waals surface area contributed by atoms with Gasteiger partial charge in [0.1, 0.15) is 6.10 Å². The van der Waals surface area contributed by atoms with Crippen molar-refractivity contribution in [3.05, 3.63) is 29.3 Å². The van der Waals surface area contributed by atoms with Gasteiger partial charge in [0.15, 0.2) is 6.29 Å². The third kappa shape index (κ3) is 7.54. The van der Waals surface area contributed by atoms with Crippen LogP contribution >= 0.6 is 0 Å². The molecule has 0 aliphatic carbocycles. The molecule has 216 valence electrons. The molecule has 2 fully saturated rings. The van der Waals surface area contributed by atoms with Crippen molar-refractivity contribution >= 4 is 11.8 Å². The number of halogens is 9. The van der Waals surface area contributed by atoms with Gasteiger partial charge in [-0.05, 0) is 17.7 Å². The molecule has 1 amide bonds. The van der Waals surface area contributed by atoms with Crippen molar-refractivity contribution in [1.29, 1.82) is 0 Å².